The van der Waals surface area contributed by atoms with Crippen LogP contribution in [0.1, 0.15) is 37.3 Å². The third kappa shape index (κ3) is 3.55. The Labute approximate surface area is 113 Å². The van der Waals surface area contributed by atoms with Crippen LogP contribution in [0.4, 0.5) is 0 Å². The van der Waals surface area contributed by atoms with Crippen molar-refractivity contribution in [1.29, 1.82) is 0 Å². The van der Waals surface area contributed by atoms with Crippen LogP contribution in [0, 0.1) is 0 Å². The Morgan fingerprint density at radius 1 is 1.42 bits per heavy atom. The maximum Gasteiger partial charge on any atom is 0.312 e. The maximum atomic E-state index is 11.4. The zero-order valence-corrected chi connectivity index (χ0v) is 11.5. The van der Waals surface area contributed by atoms with Crippen LogP contribution in [-0.2, 0) is 11.3 Å². The molecule has 1 heterocycles. The predicted molar refractivity (Wildman–Crippen MR) is 73.0 cm³/mol. The maximum absolute atomic E-state index is 11.4. The Kier molecular flexibility index (Phi) is 3.92. The van der Waals surface area contributed by atoms with E-state index in [2.05, 4.69) is 4.90 Å². The third-order valence-corrected chi connectivity index (χ3v) is 3.60. The molecule has 2 rings (SSSR count). The fourth-order valence-corrected chi connectivity index (χ4v) is 2.49. The Balaban J connectivity index is 2.14. The van der Waals surface area contributed by atoms with Crippen molar-refractivity contribution in [2.75, 3.05) is 13.1 Å². The van der Waals surface area contributed by atoms with Crippen LogP contribution >= 0.6 is 0 Å². The number of benzene rings is 1. The molecule has 0 fully saturated rings. The number of aliphatic hydroxyl groups is 1. The predicted octanol–water partition coefficient (Wildman–Crippen LogP) is 1.83. The zero-order valence-electron chi connectivity index (χ0n) is 11.5. The fourth-order valence-electron chi connectivity index (χ4n) is 2.49. The molecule has 4 nitrogen and oxygen atoms in total. The molecule has 0 amide bonds. The van der Waals surface area contributed by atoms with Crippen LogP contribution in [-0.4, -0.2) is 39.8 Å². The van der Waals surface area contributed by atoms with Gasteiger partial charge in [-0.15, -0.1) is 0 Å². The van der Waals surface area contributed by atoms with Crippen molar-refractivity contribution < 1.29 is 15.0 Å². The summed E-state index contributed by atoms with van der Waals surface area (Å²) in [6.07, 6.45) is 0.640. The lowest BCUT2D eigenvalue weighted by Crippen LogP contribution is -2.39. The van der Waals surface area contributed by atoms with Crippen molar-refractivity contribution in [3.8, 4) is 0 Å². The number of carboxylic acids is 1. The number of hydrogen-bond acceptors (Lipinski definition) is 3. The highest BCUT2D eigenvalue weighted by atomic mass is 16.4. The summed E-state index contributed by atoms with van der Waals surface area (Å²) in [6.45, 7) is 5.54. The quantitative estimate of drug-likeness (QED) is 0.870. The van der Waals surface area contributed by atoms with Gasteiger partial charge >= 0.3 is 5.97 Å². The molecule has 1 atom stereocenters. The molecule has 1 aromatic rings. The average Bonchev–Trinajstić information content (AvgIpc) is 2.34. The van der Waals surface area contributed by atoms with Crippen molar-refractivity contribution in [1.82, 2.24) is 4.90 Å². The van der Waals surface area contributed by atoms with Crippen molar-refractivity contribution in [3.63, 3.8) is 0 Å². The van der Waals surface area contributed by atoms with E-state index >= 15 is 0 Å². The molecule has 19 heavy (non-hydrogen) atoms. The van der Waals surface area contributed by atoms with Crippen LogP contribution in [0.5, 0.6) is 0 Å². The van der Waals surface area contributed by atoms with E-state index in [0.29, 0.717) is 19.5 Å². The lowest BCUT2D eigenvalue weighted by molar-refractivity contribution is -0.139. The molecule has 0 saturated carbocycles. The van der Waals surface area contributed by atoms with Gasteiger partial charge < -0.3 is 10.2 Å². The Hall–Kier alpha value is -1.39. The Morgan fingerprint density at radius 3 is 2.74 bits per heavy atom. The molecular weight excluding hydrogens is 242 g/mol. The number of rotatable bonds is 4. The molecule has 0 aliphatic carbocycles. The molecule has 0 saturated heterocycles. The fraction of sp³-hybridized carbons (Fsp3) is 0.533. The van der Waals surface area contributed by atoms with Gasteiger partial charge in [0, 0.05) is 19.6 Å². The topological polar surface area (TPSA) is 60.8 Å². The number of carboxylic acid groups (broad SMARTS) is 1. The summed E-state index contributed by atoms with van der Waals surface area (Å²) in [5.41, 5.74) is 1.29. The van der Waals surface area contributed by atoms with Crippen LogP contribution in [0.15, 0.2) is 24.3 Å². The third-order valence-electron chi connectivity index (χ3n) is 3.60. The first-order valence-corrected chi connectivity index (χ1v) is 6.62. The van der Waals surface area contributed by atoms with E-state index in [1.54, 1.807) is 13.8 Å². The molecule has 0 bridgehead atoms. The summed E-state index contributed by atoms with van der Waals surface area (Å²) in [6, 6.07) is 7.72. The van der Waals surface area contributed by atoms with Gasteiger partial charge in [-0.2, -0.15) is 0 Å². The molecule has 0 aromatic heterocycles. The molecule has 104 valence electrons. The highest BCUT2D eigenvalue weighted by Gasteiger charge is 2.30. The number of hydrogen-bond donors (Lipinski definition) is 2. The second-order valence-corrected chi connectivity index (χ2v) is 5.89. The van der Waals surface area contributed by atoms with Gasteiger partial charge in [-0.05, 0) is 31.4 Å². The molecule has 1 aromatic carbocycles. The largest absolute Gasteiger partial charge is 0.481 e. The number of carbonyl (C=O) groups is 1. The summed E-state index contributed by atoms with van der Waals surface area (Å²) < 4.78 is 0. The molecule has 1 unspecified atom stereocenters. The molecule has 1 aliphatic rings. The number of fused-ring (bicyclic) bond motifs is 1. The van der Waals surface area contributed by atoms with Gasteiger partial charge in [0.1, 0.15) is 0 Å². The van der Waals surface area contributed by atoms with Gasteiger partial charge in [-0.1, -0.05) is 24.3 Å². The first-order valence-electron chi connectivity index (χ1n) is 6.62. The van der Waals surface area contributed by atoms with Crippen LogP contribution in [0.3, 0.4) is 0 Å². The molecule has 2 N–H and O–H groups in total. The SMILES string of the molecule is CC(C)(O)CCN1Cc2ccccc2C(C(=O)O)C1. The van der Waals surface area contributed by atoms with E-state index in [9.17, 15) is 15.0 Å². The van der Waals surface area contributed by atoms with E-state index in [1.807, 2.05) is 24.3 Å². The van der Waals surface area contributed by atoms with Gasteiger partial charge in [0.15, 0.2) is 0 Å². The second kappa shape index (κ2) is 5.31. The highest BCUT2D eigenvalue weighted by molar-refractivity contribution is 5.77. The zero-order chi connectivity index (χ0) is 14.0. The molecule has 0 spiro atoms. The van der Waals surface area contributed by atoms with Gasteiger partial charge in [-0.25, -0.2) is 0 Å². The van der Waals surface area contributed by atoms with Crippen molar-refractivity contribution in [3.05, 3.63) is 35.4 Å². The van der Waals surface area contributed by atoms with E-state index in [-0.39, 0.29) is 0 Å². The van der Waals surface area contributed by atoms with Crippen molar-refractivity contribution >= 4 is 5.97 Å². The Bertz CT molecular complexity index is 465. The summed E-state index contributed by atoms with van der Waals surface area (Å²) in [7, 11) is 0. The normalized spacial score (nSPS) is 20.1. The lowest BCUT2D eigenvalue weighted by atomic mass is 9.89. The van der Waals surface area contributed by atoms with E-state index < -0.39 is 17.5 Å². The molecular formula is C15H21NO3. The summed E-state index contributed by atoms with van der Waals surface area (Å²) in [5.74, 6) is -1.24. The average molecular weight is 263 g/mol. The first kappa shape index (κ1) is 14.0. The van der Waals surface area contributed by atoms with Gasteiger partial charge in [0.25, 0.3) is 0 Å². The van der Waals surface area contributed by atoms with Crippen molar-refractivity contribution in [2.45, 2.75) is 38.3 Å². The summed E-state index contributed by atoms with van der Waals surface area (Å²) in [5, 5.41) is 19.1. The van der Waals surface area contributed by atoms with E-state index in [1.165, 1.54) is 0 Å². The minimum atomic E-state index is -0.777. The van der Waals surface area contributed by atoms with Crippen LogP contribution < -0.4 is 0 Å². The molecule has 4 heteroatoms. The first-order chi connectivity index (χ1) is 8.87. The van der Waals surface area contributed by atoms with Gasteiger partial charge in [0.2, 0.25) is 0 Å². The summed E-state index contributed by atoms with van der Waals surface area (Å²) >= 11 is 0. The standard InChI is InChI=1S/C15H21NO3/c1-15(2,19)7-8-16-9-11-5-3-4-6-12(11)13(10-16)14(17)18/h3-6,13,19H,7-10H2,1-2H3,(H,17,18). The van der Waals surface area contributed by atoms with E-state index in [0.717, 1.165) is 17.7 Å². The molecule has 1 aliphatic heterocycles. The lowest BCUT2D eigenvalue weighted by Gasteiger charge is -2.34. The highest BCUT2D eigenvalue weighted by Crippen LogP contribution is 2.28. The number of aliphatic carboxylic acids is 1. The van der Waals surface area contributed by atoms with Crippen LogP contribution in [0.25, 0.3) is 0 Å². The monoisotopic (exact) mass is 263 g/mol. The Morgan fingerprint density at radius 2 is 2.11 bits per heavy atom. The smallest absolute Gasteiger partial charge is 0.312 e. The molecule has 0 radical (unpaired) electrons. The minimum Gasteiger partial charge on any atom is -0.481 e. The summed E-state index contributed by atoms with van der Waals surface area (Å²) in [4.78, 5) is 13.5. The van der Waals surface area contributed by atoms with Gasteiger partial charge in [0.05, 0.1) is 11.5 Å². The van der Waals surface area contributed by atoms with Crippen LogP contribution in [0.2, 0.25) is 0 Å². The van der Waals surface area contributed by atoms with Gasteiger partial charge in [-0.3, -0.25) is 9.69 Å². The van der Waals surface area contributed by atoms with E-state index in [4.69, 9.17) is 0 Å². The number of nitrogens with zero attached hydrogens (tertiary/aromatic N) is 1. The minimum absolute atomic E-state index is 0.466. The second-order valence-electron chi connectivity index (χ2n) is 5.89. The van der Waals surface area contributed by atoms with Crippen molar-refractivity contribution in [2.24, 2.45) is 0 Å².